The average molecular weight is 855 g/mol. The SMILES string of the molecule is CCCCCCCCCCC(C)C(O)CN(CCN(CCN)CCN(CC(O)C(C)CCCCCCCCCC)CC(O)C(C)CCCCCCCCCC)CC(O)CC. The summed E-state index contributed by atoms with van der Waals surface area (Å²) in [6.45, 7) is 22.2. The summed E-state index contributed by atoms with van der Waals surface area (Å²) in [5, 5.41) is 45.0. The number of unbranched alkanes of at least 4 members (excludes halogenated alkanes) is 21. The molecule has 0 aliphatic rings. The summed E-state index contributed by atoms with van der Waals surface area (Å²) in [4.78, 5) is 6.99. The average Bonchev–Trinajstić information content (AvgIpc) is 3.23. The molecule has 7 atom stereocenters. The highest BCUT2D eigenvalue weighted by Gasteiger charge is 2.24. The molecule has 60 heavy (non-hydrogen) atoms. The van der Waals surface area contributed by atoms with Crippen LogP contribution in [-0.4, -0.2) is 125 Å². The second kappa shape index (κ2) is 42.6. The summed E-state index contributed by atoms with van der Waals surface area (Å²) in [6.07, 6.45) is 33.3. The Morgan fingerprint density at radius 3 is 0.900 bits per heavy atom. The van der Waals surface area contributed by atoms with Gasteiger partial charge in [-0.25, -0.2) is 0 Å². The van der Waals surface area contributed by atoms with Gasteiger partial charge in [-0.1, -0.05) is 203 Å². The number of hydrogen-bond donors (Lipinski definition) is 5. The Balaban J connectivity index is 5.39. The van der Waals surface area contributed by atoms with E-state index < -0.39 is 24.4 Å². The van der Waals surface area contributed by atoms with Gasteiger partial charge in [-0.2, -0.15) is 0 Å². The van der Waals surface area contributed by atoms with Crippen molar-refractivity contribution in [1.29, 1.82) is 0 Å². The number of nitrogens with zero attached hydrogens (tertiary/aromatic N) is 3. The summed E-state index contributed by atoms with van der Waals surface area (Å²) in [5.41, 5.74) is 6.17. The summed E-state index contributed by atoms with van der Waals surface area (Å²) in [5.74, 6) is 0.680. The Bertz CT molecular complexity index is 836. The van der Waals surface area contributed by atoms with Gasteiger partial charge in [0.15, 0.2) is 0 Å². The summed E-state index contributed by atoms with van der Waals surface area (Å²) in [7, 11) is 0. The third-order valence-electron chi connectivity index (χ3n) is 13.7. The highest BCUT2D eigenvalue weighted by Crippen LogP contribution is 2.21. The van der Waals surface area contributed by atoms with Crippen LogP contribution in [0.15, 0.2) is 0 Å². The molecular weight excluding hydrogens is 745 g/mol. The monoisotopic (exact) mass is 855 g/mol. The first-order chi connectivity index (χ1) is 29.0. The van der Waals surface area contributed by atoms with Crippen molar-refractivity contribution in [1.82, 2.24) is 14.7 Å². The molecule has 8 nitrogen and oxygen atoms in total. The molecule has 0 bridgehead atoms. The molecule has 362 valence electrons. The van der Waals surface area contributed by atoms with Gasteiger partial charge in [0.1, 0.15) is 0 Å². The minimum Gasteiger partial charge on any atom is -0.392 e. The van der Waals surface area contributed by atoms with Gasteiger partial charge < -0.3 is 26.2 Å². The fourth-order valence-electron chi connectivity index (χ4n) is 8.74. The molecule has 0 fully saturated rings. The number of aliphatic hydroxyl groups excluding tert-OH is 4. The molecule has 0 aliphatic carbocycles. The Morgan fingerprint density at radius 2 is 0.617 bits per heavy atom. The lowest BCUT2D eigenvalue weighted by molar-refractivity contribution is 0.0197. The Labute approximate surface area is 375 Å². The summed E-state index contributed by atoms with van der Waals surface area (Å²) < 4.78 is 0. The lowest BCUT2D eigenvalue weighted by atomic mass is 9.94. The summed E-state index contributed by atoms with van der Waals surface area (Å²) in [6, 6.07) is 0. The highest BCUT2D eigenvalue weighted by molar-refractivity contribution is 4.78. The molecule has 0 saturated carbocycles. The molecule has 7 unspecified atom stereocenters. The van der Waals surface area contributed by atoms with Crippen LogP contribution in [0.1, 0.15) is 228 Å². The van der Waals surface area contributed by atoms with E-state index >= 15 is 0 Å². The first-order valence-electron chi connectivity index (χ1n) is 26.6. The molecule has 0 spiro atoms. The van der Waals surface area contributed by atoms with Crippen LogP contribution in [-0.2, 0) is 0 Å². The zero-order chi connectivity index (χ0) is 44.6. The van der Waals surface area contributed by atoms with Crippen LogP contribution in [0.2, 0.25) is 0 Å². The lowest BCUT2D eigenvalue weighted by Gasteiger charge is -2.34. The van der Waals surface area contributed by atoms with E-state index in [1.165, 1.54) is 154 Å². The van der Waals surface area contributed by atoms with E-state index in [1.807, 2.05) is 6.92 Å². The number of nitrogens with two attached hydrogens (primary N) is 1. The van der Waals surface area contributed by atoms with Crippen LogP contribution < -0.4 is 5.73 Å². The quantitative estimate of drug-likeness (QED) is 0.0384. The summed E-state index contributed by atoms with van der Waals surface area (Å²) >= 11 is 0. The first-order valence-corrected chi connectivity index (χ1v) is 26.6. The van der Waals surface area contributed by atoms with Crippen molar-refractivity contribution in [3.63, 3.8) is 0 Å². The number of hydrogen-bond acceptors (Lipinski definition) is 8. The van der Waals surface area contributed by atoms with Gasteiger partial charge in [0, 0.05) is 65.4 Å². The molecule has 0 rings (SSSR count). The molecule has 0 amide bonds. The van der Waals surface area contributed by atoms with Crippen molar-refractivity contribution in [2.75, 3.05) is 65.4 Å². The standard InChI is InChI=1S/C52H110N4O4/c1-8-12-15-18-21-24-27-30-33-46(5)50(58)43-55(42-49(57)11-4)40-38-54(37-36-53)39-41-56(44-51(59)47(6)34-31-28-25-22-19-16-13-9-2)45-52(60)48(7)35-32-29-26-23-20-17-14-10-3/h46-52,57-60H,8-45,53H2,1-7H3. The van der Waals surface area contributed by atoms with Crippen LogP contribution in [0.3, 0.4) is 0 Å². The Hall–Kier alpha value is -0.320. The van der Waals surface area contributed by atoms with Crippen molar-refractivity contribution in [2.45, 2.75) is 253 Å². The van der Waals surface area contributed by atoms with Crippen LogP contribution in [0.25, 0.3) is 0 Å². The maximum atomic E-state index is 11.5. The van der Waals surface area contributed by atoms with Crippen molar-refractivity contribution in [2.24, 2.45) is 23.5 Å². The van der Waals surface area contributed by atoms with E-state index in [1.54, 1.807) is 0 Å². The van der Waals surface area contributed by atoms with Crippen LogP contribution in [0, 0.1) is 17.8 Å². The van der Waals surface area contributed by atoms with Crippen LogP contribution in [0.5, 0.6) is 0 Å². The zero-order valence-electron chi connectivity index (χ0n) is 41.6. The van der Waals surface area contributed by atoms with Gasteiger partial charge in [-0.15, -0.1) is 0 Å². The first kappa shape index (κ1) is 59.7. The van der Waals surface area contributed by atoms with Crippen molar-refractivity contribution in [3.05, 3.63) is 0 Å². The third-order valence-corrected chi connectivity index (χ3v) is 13.7. The van der Waals surface area contributed by atoms with Gasteiger partial charge in [-0.3, -0.25) is 14.7 Å². The maximum Gasteiger partial charge on any atom is 0.0692 e. The number of rotatable bonds is 47. The third kappa shape index (κ3) is 35.1. The van der Waals surface area contributed by atoms with Gasteiger partial charge in [0.25, 0.3) is 0 Å². The largest absolute Gasteiger partial charge is 0.392 e. The lowest BCUT2D eigenvalue weighted by Crippen LogP contribution is -2.48. The van der Waals surface area contributed by atoms with E-state index in [-0.39, 0.29) is 17.8 Å². The van der Waals surface area contributed by atoms with Crippen LogP contribution in [0.4, 0.5) is 0 Å². The zero-order valence-corrected chi connectivity index (χ0v) is 41.6. The van der Waals surface area contributed by atoms with E-state index in [0.717, 1.165) is 52.0 Å². The van der Waals surface area contributed by atoms with Gasteiger partial charge in [0.2, 0.25) is 0 Å². The second-order valence-electron chi connectivity index (χ2n) is 19.6. The molecular formula is C52H110N4O4. The topological polar surface area (TPSA) is 117 Å². The molecule has 0 heterocycles. The molecule has 0 aliphatic heterocycles. The van der Waals surface area contributed by atoms with Crippen LogP contribution >= 0.6 is 0 Å². The molecule has 0 saturated heterocycles. The Morgan fingerprint density at radius 1 is 0.350 bits per heavy atom. The van der Waals surface area contributed by atoms with E-state index in [2.05, 4.69) is 56.2 Å². The smallest absolute Gasteiger partial charge is 0.0692 e. The molecule has 0 aromatic rings. The minimum absolute atomic E-state index is 0.225. The van der Waals surface area contributed by atoms with E-state index in [0.29, 0.717) is 39.1 Å². The van der Waals surface area contributed by atoms with Gasteiger partial charge >= 0.3 is 0 Å². The van der Waals surface area contributed by atoms with E-state index in [9.17, 15) is 20.4 Å². The predicted molar refractivity (Wildman–Crippen MR) is 262 cm³/mol. The molecule has 6 N–H and O–H groups in total. The minimum atomic E-state index is -0.423. The predicted octanol–water partition coefficient (Wildman–Crippen LogP) is 11.2. The highest BCUT2D eigenvalue weighted by atomic mass is 16.3. The van der Waals surface area contributed by atoms with Gasteiger partial charge in [-0.05, 0) is 43.4 Å². The van der Waals surface area contributed by atoms with Crippen molar-refractivity contribution in [3.8, 4) is 0 Å². The van der Waals surface area contributed by atoms with Crippen molar-refractivity contribution >= 4 is 0 Å². The second-order valence-corrected chi connectivity index (χ2v) is 19.6. The Kier molecular flexibility index (Phi) is 42.4. The number of aliphatic hydroxyl groups is 4. The molecule has 0 aromatic heterocycles. The molecule has 8 heteroatoms. The normalized spacial score (nSPS) is 15.8. The molecule has 0 aromatic carbocycles. The van der Waals surface area contributed by atoms with E-state index in [4.69, 9.17) is 5.73 Å². The maximum absolute atomic E-state index is 11.5. The van der Waals surface area contributed by atoms with Crippen molar-refractivity contribution < 1.29 is 20.4 Å². The fraction of sp³-hybridized carbons (Fsp3) is 1.00. The molecule has 0 radical (unpaired) electrons. The fourth-order valence-corrected chi connectivity index (χ4v) is 8.74. The van der Waals surface area contributed by atoms with Gasteiger partial charge in [0.05, 0.1) is 24.4 Å².